The predicted molar refractivity (Wildman–Crippen MR) is 67.7 cm³/mol. The molecular weight excluding hydrogens is 214 g/mol. The van der Waals surface area contributed by atoms with Crippen molar-refractivity contribution in [3.8, 4) is 0 Å². The molecule has 17 heavy (non-hydrogen) atoms. The molecule has 0 amide bonds. The summed E-state index contributed by atoms with van der Waals surface area (Å²) in [6, 6.07) is 2.94. The predicted octanol–water partition coefficient (Wildman–Crippen LogP) is 1.71. The van der Waals surface area contributed by atoms with Gasteiger partial charge in [0.05, 0.1) is 5.69 Å². The molecule has 0 bridgehead atoms. The van der Waals surface area contributed by atoms with E-state index in [9.17, 15) is 5.11 Å². The van der Waals surface area contributed by atoms with Crippen LogP contribution in [0.15, 0.2) is 12.3 Å². The third kappa shape index (κ3) is 3.07. The van der Waals surface area contributed by atoms with Crippen LogP contribution in [0.5, 0.6) is 0 Å². The van der Waals surface area contributed by atoms with Gasteiger partial charge in [-0.15, -0.1) is 0 Å². The molecular formula is C13H23N3O. The van der Waals surface area contributed by atoms with Crippen LogP contribution in [0.1, 0.15) is 44.8 Å². The van der Waals surface area contributed by atoms with Gasteiger partial charge in [-0.25, -0.2) is 0 Å². The maximum Gasteiger partial charge on any atom is 0.0762 e. The highest BCUT2D eigenvalue weighted by Gasteiger charge is 2.25. The molecule has 2 unspecified atom stereocenters. The zero-order valence-electron chi connectivity index (χ0n) is 10.8. The molecule has 1 aromatic heterocycles. The molecule has 2 atom stereocenters. The highest BCUT2D eigenvalue weighted by atomic mass is 16.3. The van der Waals surface area contributed by atoms with Crippen molar-refractivity contribution in [3.63, 3.8) is 0 Å². The van der Waals surface area contributed by atoms with Crippen molar-refractivity contribution in [3.05, 3.63) is 18.0 Å². The van der Waals surface area contributed by atoms with Gasteiger partial charge in [-0.3, -0.25) is 4.68 Å². The van der Waals surface area contributed by atoms with Crippen LogP contribution in [-0.2, 0) is 6.54 Å². The number of aliphatic hydroxyl groups excluding tert-OH is 1. The first-order valence-electron chi connectivity index (χ1n) is 6.59. The van der Waals surface area contributed by atoms with E-state index < -0.39 is 0 Å². The van der Waals surface area contributed by atoms with Gasteiger partial charge >= 0.3 is 0 Å². The Bertz CT molecular complexity index is 348. The largest absolute Gasteiger partial charge is 0.396 e. The lowest BCUT2D eigenvalue weighted by Gasteiger charge is -2.18. The molecule has 1 aliphatic carbocycles. The maximum absolute atomic E-state index is 9.25. The molecule has 1 heterocycles. The van der Waals surface area contributed by atoms with E-state index in [0.717, 1.165) is 18.7 Å². The van der Waals surface area contributed by atoms with Crippen LogP contribution in [0.25, 0.3) is 0 Å². The Labute approximate surface area is 103 Å². The van der Waals surface area contributed by atoms with Crippen molar-refractivity contribution in [1.82, 2.24) is 15.1 Å². The smallest absolute Gasteiger partial charge is 0.0762 e. The minimum absolute atomic E-state index is 0.304. The zero-order chi connectivity index (χ0) is 12.3. The van der Waals surface area contributed by atoms with Crippen LogP contribution in [0.3, 0.4) is 0 Å². The maximum atomic E-state index is 9.25. The average molecular weight is 237 g/mol. The van der Waals surface area contributed by atoms with Crippen molar-refractivity contribution < 1.29 is 5.11 Å². The monoisotopic (exact) mass is 237 g/mol. The molecule has 0 radical (unpaired) electrons. The molecule has 4 heteroatoms. The molecule has 0 aliphatic heterocycles. The summed E-state index contributed by atoms with van der Waals surface area (Å²) in [5.41, 5.74) is 1.09. The van der Waals surface area contributed by atoms with E-state index in [4.69, 9.17) is 0 Å². The van der Waals surface area contributed by atoms with Crippen molar-refractivity contribution in [2.24, 2.45) is 5.92 Å². The summed E-state index contributed by atoms with van der Waals surface area (Å²) in [4.78, 5) is 0. The van der Waals surface area contributed by atoms with Gasteiger partial charge in [-0.2, -0.15) is 5.10 Å². The fourth-order valence-electron chi connectivity index (χ4n) is 2.52. The van der Waals surface area contributed by atoms with Gasteiger partial charge in [0, 0.05) is 31.4 Å². The number of hydrogen-bond donors (Lipinski definition) is 2. The quantitative estimate of drug-likeness (QED) is 0.819. The minimum Gasteiger partial charge on any atom is -0.396 e. The Morgan fingerprint density at radius 3 is 3.00 bits per heavy atom. The lowest BCUT2D eigenvalue weighted by molar-refractivity contribution is 0.205. The van der Waals surface area contributed by atoms with E-state index in [1.54, 1.807) is 0 Å². The highest BCUT2D eigenvalue weighted by molar-refractivity contribution is 5.00. The van der Waals surface area contributed by atoms with Gasteiger partial charge in [-0.1, -0.05) is 6.42 Å². The second-order valence-corrected chi connectivity index (χ2v) is 5.24. The lowest BCUT2D eigenvalue weighted by atomic mass is 10.1. The number of aromatic nitrogens is 2. The van der Waals surface area contributed by atoms with Crippen LogP contribution in [0.2, 0.25) is 0 Å². The number of hydrogen-bond acceptors (Lipinski definition) is 3. The summed E-state index contributed by atoms with van der Waals surface area (Å²) in [5.74, 6) is 0.433. The number of rotatable bonds is 5. The average Bonchev–Trinajstić information content (AvgIpc) is 2.95. The van der Waals surface area contributed by atoms with Gasteiger partial charge in [0.1, 0.15) is 0 Å². The number of aliphatic hydroxyl groups is 1. The van der Waals surface area contributed by atoms with Crippen LogP contribution in [-0.4, -0.2) is 27.5 Å². The van der Waals surface area contributed by atoms with Crippen molar-refractivity contribution >= 4 is 0 Å². The number of nitrogens with one attached hydrogen (secondary N) is 1. The van der Waals surface area contributed by atoms with Gasteiger partial charge in [-0.05, 0) is 38.7 Å². The second-order valence-electron chi connectivity index (χ2n) is 5.24. The summed E-state index contributed by atoms with van der Waals surface area (Å²) >= 11 is 0. The summed E-state index contributed by atoms with van der Waals surface area (Å²) in [6.45, 7) is 5.37. The molecule has 1 aliphatic rings. The SMILES string of the molecule is CC(C)n1ccc(CNC2CCCC2CO)n1. The van der Waals surface area contributed by atoms with E-state index in [1.807, 2.05) is 10.9 Å². The molecule has 96 valence electrons. The Morgan fingerprint density at radius 1 is 1.53 bits per heavy atom. The molecule has 1 fully saturated rings. The van der Waals surface area contributed by atoms with E-state index in [-0.39, 0.29) is 0 Å². The molecule has 0 spiro atoms. The van der Waals surface area contributed by atoms with Crippen LogP contribution < -0.4 is 5.32 Å². The fourth-order valence-corrected chi connectivity index (χ4v) is 2.52. The zero-order valence-corrected chi connectivity index (χ0v) is 10.8. The minimum atomic E-state index is 0.304. The highest BCUT2D eigenvalue weighted by Crippen LogP contribution is 2.25. The summed E-state index contributed by atoms with van der Waals surface area (Å²) in [7, 11) is 0. The van der Waals surface area contributed by atoms with E-state index in [2.05, 4.69) is 30.3 Å². The third-order valence-electron chi connectivity index (χ3n) is 3.63. The van der Waals surface area contributed by atoms with Gasteiger partial charge < -0.3 is 10.4 Å². The number of nitrogens with zero attached hydrogens (tertiary/aromatic N) is 2. The normalized spacial score (nSPS) is 24.7. The van der Waals surface area contributed by atoms with Gasteiger partial charge in [0.25, 0.3) is 0 Å². The standard InChI is InChI=1S/C13H23N3O/c1-10(2)16-7-6-12(15-16)8-14-13-5-3-4-11(13)9-17/h6-7,10-11,13-14,17H,3-5,8-9H2,1-2H3. The van der Waals surface area contributed by atoms with E-state index >= 15 is 0 Å². The topological polar surface area (TPSA) is 50.1 Å². The second kappa shape index (κ2) is 5.65. The molecule has 2 rings (SSSR count). The molecule has 0 saturated heterocycles. The fraction of sp³-hybridized carbons (Fsp3) is 0.769. The van der Waals surface area contributed by atoms with Crippen molar-refractivity contribution in [1.29, 1.82) is 0 Å². The lowest BCUT2D eigenvalue weighted by Crippen LogP contribution is -2.33. The molecule has 4 nitrogen and oxygen atoms in total. The van der Waals surface area contributed by atoms with Crippen LogP contribution in [0.4, 0.5) is 0 Å². The molecule has 0 aromatic carbocycles. The summed E-state index contributed by atoms with van der Waals surface area (Å²) in [5, 5.41) is 17.3. The third-order valence-corrected chi connectivity index (χ3v) is 3.63. The van der Waals surface area contributed by atoms with E-state index in [1.165, 1.54) is 12.8 Å². The Hall–Kier alpha value is -0.870. The van der Waals surface area contributed by atoms with Crippen molar-refractivity contribution in [2.75, 3.05) is 6.61 Å². The summed E-state index contributed by atoms with van der Waals surface area (Å²) < 4.78 is 1.98. The first-order valence-corrected chi connectivity index (χ1v) is 6.59. The first kappa shape index (κ1) is 12.6. The Morgan fingerprint density at radius 2 is 2.35 bits per heavy atom. The van der Waals surface area contributed by atoms with Crippen LogP contribution in [0, 0.1) is 5.92 Å². The Kier molecular flexibility index (Phi) is 4.18. The van der Waals surface area contributed by atoms with Gasteiger partial charge in [0.2, 0.25) is 0 Å². The first-order chi connectivity index (χ1) is 8.20. The Balaban J connectivity index is 1.84. The molecule has 1 aromatic rings. The van der Waals surface area contributed by atoms with Crippen LogP contribution >= 0.6 is 0 Å². The summed E-state index contributed by atoms with van der Waals surface area (Å²) in [6.07, 6.45) is 5.58. The van der Waals surface area contributed by atoms with Gasteiger partial charge in [0.15, 0.2) is 0 Å². The van der Waals surface area contributed by atoms with E-state index in [0.29, 0.717) is 24.6 Å². The van der Waals surface area contributed by atoms with Crippen molar-refractivity contribution in [2.45, 2.75) is 51.7 Å². The molecule has 1 saturated carbocycles. The molecule has 2 N–H and O–H groups in total.